The number of ether oxygens (including phenoxy) is 1. The largest absolute Gasteiger partial charge is 0.466 e. The summed E-state index contributed by atoms with van der Waals surface area (Å²) < 4.78 is 4.83. The molecule has 0 aliphatic rings. The summed E-state index contributed by atoms with van der Waals surface area (Å²) >= 11 is 0. The molecule has 3 N–H and O–H groups in total. The fourth-order valence-electron chi connectivity index (χ4n) is 1.28. The van der Waals surface area contributed by atoms with Crippen LogP contribution in [0.3, 0.4) is 0 Å². The lowest BCUT2D eigenvalue weighted by atomic mass is 10.1. The van der Waals surface area contributed by atoms with Gasteiger partial charge in [-0.05, 0) is 6.42 Å². The number of hydrogen-bond donors (Lipinski definition) is 1. The average Bonchev–Trinajstić information content (AvgIpc) is 2.09. The number of esters is 1. The quantitative estimate of drug-likeness (QED) is 0.485. The van der Waals surface area contributed by atoms with Gasteiger partial charge in [-0.2, -0.15) is 0 Å². The van der Waals surface area contributed by atoms with Crippen molar-refractivity contribution in [2.75, 3.05) is 6.61 Å². The minimum Gasteiger partial charge on any atom is -0.466 e. The second kappa shape index (κ2) is 12.4. The molecular formula is C11H25NO2. The van der Waals surface area contributed by atoms with Crippen LogP contribution < -0.4 is 6.15 Å². The highest BCUT2D eigenvalue weighted by Gasteiger charge is 1.93. The fraction of sp³-hybridized carbons (Fsp3) is 0.909. The lowest BCUT2D eigenvalue weighted by molar-refractivity contribution is -0.141. The fourth-order valence-corrected chi connectivity index (χ4v) is 1.28. The molecule has 86 valence electrons. The smallest absolute Gasteiger partial charge is 0.302 e. The van der Waals surface area contributed by atoms with Crippen LogP contribution in [-0.2, 0) is 9.53 Å². The van der Waals surface area contributed by atoms with E-state index in [1.807, 2.05) is 0 Å². The highest BCUT2D eigenvalue weighted by atomic mass is 16.5. The van der Waals surface area contributed by atoms with Crippen LogP contribution >= 0.6 is 0 Å². The van der Waals surface area contributed by atoms with Crippen LogP contribution in [0.25, 0.3) is 0 Å². The number of hydrogen-bond acceptors (Lipinski definition) is 3. The molecule has 3 heteroatoms. The minimum absolute atomic E-state index is 0. The Balaban J connectivity index is 0. The molecule has 0 bridgehead atoms. The first-order chi connectivity index (χ1) is 6.27. The van der Waals surface area contributed by atoms with Gasteiger partial charge in [0.15, 0.2) is 0 Å². The highest BCUT2D eigenvalue weighted by molar-refractivity contribution is 5.65. The van der Waals surface area contributed by atoms with Crippen molar-refractivity contribution in [3.8, 4) is 0 Å². The van der Waals surface area contributed by atoms with Crippen molar-refractivity contribution in [1.29, 1.82) is 0 Å². The summed E-state index contributed by atoms with van der Waals surface area (Å²) in [7, 11) is 0. The van der Waals surface area contributed by atoms with Crippen LogP contribution in [0.15, 0.2) is 0 Å². The van der Waals surface area contributed by atoms with E-state index < -0.39 is 0 Å². The molecular weight excluding hydrogens is 178 g/mol. The molecule has 0 saturated carbocycles. The van der Waals surface area contributed by atoms with E-state index in [9.17, 15) is 4.79 Å². The van der Waals surface area contributed by atoms with E-state index in [0.717, 1.165) is 6.42 Å². The molecule has 0 radical (unpaired) electrons. The van der Waals surface area contributed by atoms with Crippen LogP contribution in [0, 0.1) is 0 Å². The summed E-state index contributed by atoms with van der Waals surface area (Å²) in [5, 5.41) is 0. The summed E-state index contributed by atoms with van der Waals surface area (Å²) in [5.41, 5.74) is 0. The predicted octanol–water partition coefficient (Wildman–Crippen LogP) is 3.46. The summed E-state index contributed by atoms with van der Waals surface area (Å²) in [4.78, 5) is 10.4. The Bertz CT molecular complexity index is 126. The summed E-state index contributed by atoms with van der Waals surface area (Å²) in [6, 6.07) is 0. The van der Waals surface area contributed by atoms with E-state index in [2.05, 4.69) is 6.92 Å². The molecule has 0 rings (SSSR count). The molecule has 0 aromatic carbocycles. The Hall–Kier alpha value is -0.570. The van der Waals surface area contributed by atoms with Gasteiger partial charge in [-0.1, -0.05) is 45.4 Å². The highest BCUT2D eigenvalue weighted by Crippen LogP contribution is 2.06. The summed E-state index contributed by atoms with van der Waals surface area (Å²) in [6.07, 6.45) is 8.82. The number of carbonyl (C=O) groups excluding carboxylic acids is 1. The molecule has 0 saturated heterocycles. The van der Waals surface area contributed by atoms with Gasteiger partial charge in [0.1, 0.15) is 0 Å². The van der Waals surface area contributed by atoms with Crippen molar-refractivity contribution in [3.63, 3.8) is 0 Å². The Morgan fingerprint density at radius 3 is 2.00 bits per heavy atom. The predicted molar refractivity (Wildman–Crippen MR) is 59.6 cm³/mol. The molecule has 0 aromatic rings. The molecule has 0 aliphatic carbocycles. The van der Waals surface area contributed by atoms with Crippen molar-refractivity contribution in [2.45, 2.75) is 58.8 Å². The van der Waals surface area contributed by atoms with Crippen molar-refractivity contribution in [2.24, 2.45) is 0 Å². The zero-order valence-electron chi connectivity index (χ0n) is 9.68. The van der Waals surface area contributed by atoms with E-state index in [1.165, 1.54) is 45.4 Å². The van der Waals surface area contributed by atoms with Gasteiger partial charge in [0.05, 0.1) is 6.61 Å². The molecule has 3 nitrogen and oxygen atoms in total. The third-order valence-electron chi connectivity index (χ3n) is 2.05. The van der Waals surface area contributed by atoms with E-state index in [-0.39, 0.29) is 12.1 Å². The number of rotatable bonds is 8. The number of unbranched alkanes of at least 4 members (excludes halogenated alkanes) is 6. The summed E-state index contributed by atoms with van der Waals surface area (Å²) in [5.74, 6) is -0.161. The number of carbonyl (C=O) groups is 1. The van der Waals surface area contributed by atoms with Gasteiger partial charge in [0.2, 0.25) is 0 Å². The lowest BCUT2D eigenvalue weighted by Gasteiger charge is -2.01. The van der Waals surface area contributed by atoms with Crippen LogP contribution in [0.2, 0.25) is 0 Å². The Morgan fingerprint density at radius 1 is 1.00 bits per heavy atom. The van der Waals surface area contributed by atoms with Crippen LogP contribution in [0.4, 0.5) is 0 Å². The zero-order valence-corrected chi connectivity index (χ0v) is 9.68. The maximum atomic E-state index is 10.4. The van der Waals surface area contributed by atoms with Crippen molar-refractivity contribution in [3.05, 3.63) is 0 Å². The minimum atomic E-state index is -0.161. The first-order valence-electron chi connectivity index (χ1n) is 5.40. The van der Waals surface area contributed by atoms with Crippen LogP contribution in [0.1, 0.15) is 58.8 Å². The molecule has 0 atom stereocenters. The lowest BCUT2D eigenvalue weighted by Crippen LogP contribution is -1.99. The van der Waals surface area contributed by atoms with Gasteiger partial charge in [-0.3, -0.25) is 4.79 Å². The molecule has 0 unspecified atom stereocenters. The van der Waals surface area contributed by atoms with Gasteiger partial charge in [-0.15, -0.1) is 0 Å². The second-order valence-corrected chi connectivity index (χ2v) is 3.46. The first kappa shape index (κ1) is 15.9. The average molecular weight is 203 g/mol. The monoisotopic (exact) mass is 203 g/mol. The maximum absolute atomic E-state index is 10.4. The Morgan fingerprint density at radius 2 is 1.50 bits per heavy atom. The molecule has 0 aromatic heterocycles. The van der Waals surface area contributed by atoms with E-state index in [0.29, 0.717) is 6.61 Å². The van der Waals surface area contributed by atoms with Crippen LogP contribution in [0.5, 0.6) is 0 Å². The summed E-state index contributed by atoms with van der Waals surface area (Å²) in [6.45, 7) is 4.28. The standard InChI is InChI=1S/C11H22O2.H3N/c1-3-4-5-6-7-8-9-10-13-11(2)12;/h3-10H2,1-2H3;1H3. The van der Waals surface area contributed by atoms with Gasteiger partial charge < -0.3 is 10.9 Å². The maximum Gasteiger partial charge on any atom is 0.302 e. The third kappa shape index (κ3) is 14.0. The third-order valence-corrected chi connectivity index (χ3v) is 2.05. The molecule has 0 spiro atoms. The van der Waals surface area contributed by atoms with E-state index >= 15 is 0 Å². The SMILES string of the molecule is CCCCCCCCCOC(C)=O.N. The Kier molecular flexibility index (Phi) is 14.1. The van der Waals surface area contributed by atoms with Crippen LogP contribution in [-0.4, -0.2) is 12.6 Å². The molecule has 0 fully saturated rings. The zero-order chi connectivity index (χ0) is 9.94. The van der Waals surface area contributed by atoms with Gasteiger partial charge in [0.25, 0.3) is 0 Å². The first-order valence-corrected chi connectivity index (χ1v) is 5.40. The van der Waals surface area contributed by atoms with Gasteiger partial charge in [-0.25, -0.2) is 0 Å². The molecule has 0 amide bonds. The van der Waals surface area contributed by atoms with Crippen molar-refractivity contribution in [1.82, 2.24) is 6.15 Å². The van der Waals surface area contributed by atoms with Gasteiger partial charge >= 0.3 is 5.97 Å². The van der Waals surface area contributed by atoms with Crippen molar-refractivity contribution >= 4 is 5.97 Å². The normalized spacial score (nSPS) is 9.29. The van der Waals surface area contributed by atoms with E-state index in [1.54, 1.807) is 0 Å². The van der Waals surface area contributed by atoms with Crippen molar-refractivity contribution < 1.29 is 9.53 Å². The molecule has 14 heavy (non-hydrogen) atoms. The second-order valence-electron chi connectivity index (χ2n) is 3.46. The molecule has 0 aliphatic heterocycles. The van der Waals surface area contributed by atoms with Gasteiger partial charge in [0, 0.05) is 6.92 Å². The Labute approximate surface area is 87.8 Å². The molecule has 0 heterocycles. The topological polar surface area (TPSA) is 61.3 Å². The van der Waals surface area contributed by atoms with E-state index in [4.69, 9.17) is 4.74 Å².